The lowest BCUT2D eigenvalue weighted by molar-refractivity contribution is -0.0498. The van der Waals surface area contributed by atoms with Crippen molar-refractivity contribution in [1.82, 2.24) is 14.6 Å². The molecule has 0 unspecified atom stereocenters. The predicted molar refractivity (Wildman–Crippen MR) is 92.4 cm³/mol. The highest BCUT2D eigenvalue weighted by Gasteiger charge is 2.22. The number of benzene rings is 1. The van der Waals surface area contributed by atoms with Crippen LogP contribution in [-0.4, -0.2) is 46.9 Å². The van der Waals surface area contributed by atoms with Gasteiger partial charge in [-0.05, 0) is 37.3 Å². The number of ether oxygens (including phenoxy) is 3. The van der Waals surface area contributed by atoms with Crippen LogP contribution in [-0.2, 0) is 9.47 Å². The van der Waals surface area contributed by atoms with Crippen molar-refractivity contribution >= 4 is 17.6 Å². The summed E-state index contributed by atoms with van der Waals surface area (Å²) in [6.07, 6.45) is 1.25. The maximum Gasteiger partial charge on any atom is 0.387 e. The van der Waals surface area contributed by atoms with Crippen LogP contribution in [0.3, 0.4) is 0 Å². The minimum atomic E-state index is -2.94. The summed E-state index contributed by atoms with van der Waals surface area (Å²) in [5, 5.41) is 4.02. The quantitative estimate of drug-likeness (QED) is 0.597. The van der Waals surface area contributed by atoms with E-state index in [1.165, 1.54) is 48.2 Å². The number of fused-ring (bicyclic) bond motifs is 1. The van der Waals surface area contributed by atoms with Crippen LogP contribution in [0.5, 0.6) is 5.75 Å². The molecule has 2 heterocycles. The van der Waals surface area contributed by atoms with E-state index in [2.05, 4.69) is 14.8 Å². The zero-order valence-corrected chi connectivity index (χ0v) is 14.9. The van der Waals surface area contributed by atoms with E-state index in [0.29, 0.717) is 11.3 Å². The van der Waals surface area contributed by atoms with Crippen molar-refractivity contribution in [2.75, 3.05) is 13.7 Å². The van der Waals surface area contributed by atoms with Crippen LogP contribution in [0.15, 0.2) is 36.5 Å². The first kappa shape index (κ1) is 19.2. The molecule has 0 spiro atoms. The van der Waals surface area contributed by atoms with E-state index >= 15 is 0 Å². The van der Waals surface area contributed by atoms with Crippen LogP contribution >= 0.6 is 0 Å². The number of carbonyl (C=O) groups excluding carboxylic acids is 2. The predicted octanol–water partition coefficient (Wildman–Crippen LogP) is 2.96. The van der Waals surface area contributed by atoms with Gasteiger partial charge in [-0.2, -0.15) is 13.9 Å². The van der Waals surface area contributed by atoms with Crippen LogP contribution in [0, 0.1) is 0 Å². The monoisotopic (exact) mass is 391 g/mol. The highest BCUT2D eigenvalue weighted by molar-refractivity contribution is 5.97. The van der Waals surface area contributed by atoms with Gasteiger partial charge in [0.25, 0.3) is 0 Å². The number of esters is 2. The first-order valence-corrected chi connectivity index (χ1v) is 8.14. The topological polar surface area (TPSA) is 92.0 Å². The molecule has 10 heteroatoms. The number of rotatable bonds is 6. The number of hydrogen-bond donors (Lipinski definition) is 0. The molecule has 146 valence electrons. The van der Waals surface area contributed by atoms with E-state index in [0.717, 1.165) is 0 Å². The van der Waals surface area contributed by atoms with Crippen molar-refractivity contribution in [3.63, 3.8) is 0 Å². The average molecular weight is 391 g/mol. The third kappa shape index (κ3) is 3.75. The van der Waals surface area contributed by atoms with Gasteiger partial charge in [-0.3, -0.25) is 0 Å². The fourth-order valence-electron chi connectivity index (χ4n) is 2.52. The summed E-state index contributed by atoms with van der Waals surface area (Å²) in [5.41, 5.74) is 1.02. The number of methoxy groups -OCH3 is 1. The van der Waals surface area contributed by atoms with Crippen LogP contribution in [0.4, 0.5) is 8.78 Å². The van der Waals surface area contributed by atoms with Crippen molar-refractivity contribution in [3.8, 4) is 17.0 Å². The number of hydrogen-bond acceptors (Lipinski definition) is 7. The number of halogens is 2. The van der Waals surface area contributed by atoms with Gasteiger partial charge in [-0.25, -0.2) is 19.1 Å². The summed E-state index contributed by atoms with van der Waals surface area (Å²) in [4.78, 5) is 28.7. The highest BCUT2D eigenvalue weighted by atomic mass is 19.3. The Morgan fingerprint density at radius 2 is 1.89 bits per heavy atom. The molecule has 0 aliphatic heterocycles. The maximum atomic E-state index is 12.3. The van der Waals surface area contributed by atoms with Gasteiger partial charge < -0.3 is 14.2 Å². The van der Waals surface area contributed by atoms with Gasteiger partial charge in [0.15, 0.2) is 11.3 Å². The Balaban J connectivity index is 2.13. The largest absolute Gasteiger partial charge is 0.464 e. The number of alkyl halides is 2. The van der Waals surface area contributed by atoms with Gasteiger partial charge in [0, 0.05) is 5.56 Å². The van der Waals surface area contributed by atoms with Gasteiger partial charge >= 0.3 is 18.6 Å². The number of carbonyl (C=O) groups is 2. The lowest BCUT2D eigenvalue weighted by atomic mass is 10.1. The van der Waals surface area contributed by atoms with Crippen molar-refractivity contribution in [3.05, 3.63) is 47.8 Å². The second-order valence-corrected chi connectivity index (χ2v) is 5.44. The lowest BCUT2D eigenvalue weighted by Crippen LogP contribution is -2.12. The highest BCUT2D eigenvalue weighted by Crippen LogP contribution is 2.25. The molecule has 0 aliphatic rings. The van der Waals surface area contributed by atoms with Gasteiger partial charge in [-0.1, -0.05) is 0 Å². The normalized spacial score (nSPS) is 10.9. The van der Waals surface area contributed by atoms with Crippen molar-refractivity contribution in [2.24, 2.45) is 0 Å². The smallest absolute Gasteiger partial charge is 0.387 e. The Kier molecular flexibility index (Phi) is 5.48. The van der Waals surface area contributed by atoms with Crippen LogP contribution in [0.2, 0.25) is 0 Å². The third-order valence-corrected chi connectivity index (χ3v) is 3.74. The SMILES string of the molecule is CCOC(=O)c1cnn2c(C(=O)OC)cc(-c3ccc(OC(F)F)cc3)nc12. The Hall–Kier alpha value is -3.56. The Labute approximate surface area is 157 Å². The molecule has 2 aromatic heterocycles. The summed E-state index contributed by atoms with van der Waals surface area (Å²) >= 11 is 0. The molecule has 0 saturated carbocycles. The zero-order chi connectivity index (χ0) is 20.3. The first-order chi connectivity index (χ1) is 13.4. The molecular formula is C18H15F2N3O5. The first-order valence-electron chi connectivity index (χ1n) is 8.14. The van der Waals surface area contributed by atoms with Crippen LogP contribution in [0.25, 0.3) is 16.9 Å². The molecule has 0 aliphatic carbocycles. The Bertz CT molecular complexity index is 1020. The molecule has 1 aromatic carbocycles. The van der Waals surface area contributed by atoms with Gasteiger partial charge in [0.05, 0.1) is 25.6 Å². The molecule has 0 bridgehead atoms. The van der Waals surface area contributed by atoms with Gasteiger partial charge in [0.1, 0.15) is 11.3 Å². The van der Waals surface area contributed by atoms with E-state index in [4.69, 9.17) is 9.47 Å². The molecule has 0 fully saturated rings. The minimum Gasteiger partial charge on any atom is -0.464 e. The summed E-state index contributed by atoms with van der Waals surface area (Å²) in [6, 6.07) is 7.10. The van der Waals surface area contributed by atoms with Gasteiger partial charge in [-0.15, -0.1) is 0 Å². The second kappa shape index (κ2) is 7.99. The summed E-state index contributed by atoms with van der Waals surface area (Å²) in [6.45, 7) is -1.12. The molecule has 0 radical (unpaired) electrons. The maximum absolute atomic E-state index is 12.3. The van der Waals surface area contributed by atoms with Gasteiger partial charge in [0.2, 0.25) is 0 Å². The standard InChI is InChI=1S/C18H15F2N3O5/c1-3-27-16(24)12-9-21-23-14(17(25)26-2)8-13(22-15(12)23)10-4-6-11(7-5-10)28-18(19)20/h4-9,18H,3H2,1-2H3. The molecule has 28 heavy (non-hydrogen) atoms. The lowest BCUT2D eigenvalue weighted by Gasteiger charge is -2.09. The fraction of sp³-hybridized carbons (Fsp3) is 0.222. The Morgan fingerprint density at radius 3 is 2.50 bits per heavy atom. The zero-order valence-electron chi connectivity index (χ0n) is 14.9. The molecule has 3 aromatic rings. The Morgan fingerprint density at radius 1 is 1.18 bits per heavy atom. The second-order valence-electron chi connectivity index (χ2n) is 5.44. The fourth-order valence-corrected chi connectivity index (χ4v) is 2.52. The average Bonchev–Trinajstić information content (AvgIpc) is 3.11. The third-order valence-electron chi connectivity index (χ3n) is 3.74. The molecule has 0 saturated heterocycles. The molecule has 0 atom stereocenters. The van der Waals surface area contributed by atoms with Crippen molar-refractivity contribution in [2.45, 2.75) is 13.5 Å². The van der Waals surface area contributed by atoms with E-state index in [-0.39, 0.29) is 29.3 Å². The van der Waals surface area contributed by atoms with Crippen LogP contribution in [0.1, 0.15) is 27.8 Å². The molecular weight excluding hydrogens is 376 g/mol. The molecule has 8 nitrogen and oxygen atoms in total. The minimum absolute atomic E-state index is 0.0235. The molecule has 0 N–H and O–H groups in total. The number of nitrogens with zero attached hydrogens (tertiary/aromatic N) is 3. The van der Waals surface area contributed by atoms with E-state index in [9.17, 15) is 18.4 Å². The summed E-state index contributed by atoms with van der Waals surface area (Å²) < 4.78 is 39.9. The molecule has 0 amide bonds. The van der Waals surface area contributed by atoms with E-state index < -0.39 is 18.6 Å². The van der Waals surface area contributed by atoms with E-state index in [1.54, 1.807) is 6.92 Å². The van der Waals surface area contributed by atoms with Crippen molar-refractivity contribution < 1.29 is 32.6 Å². The molecule has 3 rings (SSSR count). The summed E-state index contributed by atoms with van der Waals surface area (Å²) in [7, 11) is 1.21. The van der Waals surface area contributed by atoms with E-state index in [1.807, 2.05) is 0 Å². The van der Waals surface area contributed by atoms with Crippen LogP contribution < -0.4 is 4.74 Å². The number of aromatic nitrogens is 3. The summed E-state index contributed by atoms with van der Waals surface area (Å²) in [5.74, 6) is -1.35. The van der Waals surface area contributed by atoms with Crippen molar-refractivity contribution in [1.29, 1.82) is 0 Å².